The van der Waals surface area contributed by atoms with Gasteiger partial charge in [0.15, 0.2) is 0 Å². The molecule has 0 bridgehead atoms. The number of hydrogen-bond donors (Lipinski definition) is 1. The van der Waals surface area contributed by atoms with Crippen LogP contribution in [-0.4, -0.2) is 36.3 Å². The summed E-state index contributed by atoms with van der Waals surface area (Å²) in [6, 6.07) is 0. The van der Waals surface area contributed by atoms with Gasteiger partial charge in [0.05, 0.1) is 5.25 Å². The lowest BCUT2D eigenvalue weighted by Crippen LogP contribution is -2.23. The molecule has 96 valence electrons. The van der Waals surface area contributed by atoms with Crippen molar-refractivity contribution in [3.8, 4) is 0 Å². The Morgan fingerprint density at radius 1 is 1.41 bits per heavy atom. The van der Waals surface area contributed by atoms with Gasteiger partial charge >= 0.3 is 0 Å². The molecule has 1 aromatic heterocycles. The first-order valence-corrected chi connectivity index (χ1v) is 7.61. The maximum Gasteiger partial charge on any atom is 0.282 e. The van der Waals surface area contributed by atoms with E-state index in [0.717, 1.165) is 17.8 Å². The Labute approximate surface area is 104 Å². The Balaban J connectivity index is 2.89. The van der Waals surface area contributed by atoms with E-state index in [2.05, 4.69) is 15.5 Å². The lowest BCUT2D eigenvalue weighted by atomic mass is 10.5. The molecule has 0 aliphatic rings. The molecule has 1 rings (SSSR count). The van der Waals surface area contributed by atoms with Crippen LogP contribution < -0.4 is 5.32 Å². The number of rotatable bonds is 5. The summed E-state index contributed by atoms with van der Waals surface area (Å²) in [7, 11) is -3.45. The van der Waals surface area contributed by atoms with E-state index in [-0.39, 0.29) is 15.3 Å². The molecule has 0 spiro atoms. The first kappa shape index (κ1) is 14.0. The van der Waals surface area contributed by atoms with Gasteiger partial charge in [-0.3, -0.25) is 4.79 Å². The van der Waals surface area contributed by atoms with Crippen molar-refractivity contribution in [2.75, 3.05) is 6.54 Å². The van der Waals surface area contributed by atoms with Crippen molar-refractivity contribution in [2.45, 2.75) is 36.8 Å². The van der Waals surface area contributed by atoms with E-state index in [4.69, 9.17) is 0 Å². The van der Waals surface area contributed by atoms with E-state index in [1.165, 1.54) is 0 Å². The van der Waals surface area contributed by atoms with Crippen LogP contribution in [0, 0.1) is 0 Å². The molecule has 0 aromatic carbocycles. The Kier molecular flexibility index (Phi) is 4.58. The molecule has 1 aromatic rings. The minimum atomic E-state index is -3.45. The number of hydrogen-bond acceptors (Lipinski definition) is 6. The van der Waals surface area contributed by atoms with Crippen LogP contribution in [0.5, 0.6) is 0 Å². The van der Waals surface area contributed by atoms with Gasteiger partial charge in [-0.15, -0.1) is 10.2 Å². The molecule has 0 unspecified atom stereocenters. The Morgan fingerprint density at radius 3 is 2.59 bits per heavy atom. The zero-order valence-corrected chi connectivity index (χ0v) is 11.6. The molecule has 17 heavy (non-hydrogen) atoms. The first-order chi connectivity index (χ1) is 7.89. The lowest BCUT2D eigenvalue weighted by Gasteiger charge is -2.01. The zero-order chi connectivity index (χ0) is 13.1. The fourth-order valence-corrected chi connectivity index (χ4v) is 3.26. The van der Waals surface area contributed by atoms with Crippen LogP contribution in [0.25, 0.3) is 0 Å². The average molecular weight is 277 g/mol. The molecule has 6 nitrogen and oxygen atoms in total. The third-order valence-corrected chi connectivity index (χ3v) is 5.47. The molecule has 1 N–H and O–H groups in total. The molecule has 0 atom stereocenters. The summed E-state index contributed by atoms with van der Waals surface area (Å²) >= 11 is 0.804. The second-order valence-corrected chi connectivity index (χ2v) is 7.38. The van der Waals surface area contributed by atoms with Gasteiger partial charge in [-0.05, 0) is 20.3 Å². The fourth-order valence-electron chi connectivity index (χ4n) is 0.932. The maximum absolute atomic E-state index is 11.8. The standard InChI is InChI=1S/C9H15N3O3S2/c1-4-5-10-7(13)8-11-12-9(16-8)17(14,15)6(2)3/h6H,4-5H2,1-3H3,(H,10,13). The average Bonchev–Trinajstić information content (AvgIpc) is 2.75. The van der Waals surface area contributed by atoms with Crippen molar-refractivity contribution >= 4 is 27.1 Å². The highest BCUT2D eigenvalue weighted by Crippen LogP contribution is 2.20. The number of carbonyl (C=O) groups is 1. The second-order valence-electron chi connectivity index (χ2n) is 3.72. The summed E-state index contributed by atoms with van der Waals surface area (Å²) in [6.07, 6.45) is 0.807. The fraction of sp³-hybridized carbons (Fsp3) is 0.667. The quantitative estimate of drug-likeness (QED) is 0.862. The normalized spacial score (nSPS) is 11.8. The van der Waals surface area contributed by atoms with Crippen molar-refractivity contribution in [3.63, 3.8) is 0 Å². The maximum atomic E-state index is 11.8. The SMILES string of the molecule is CCCNC(=O)c1nnc(S(=O)(=O)C(C)C)s1. The van der Waals surface area contributed by atoms with Crippen molar-refractivity contribution in [1.29, 1.82) is 0 Å². The summed E-state index contributed by atoms with van der Waals surface area (Å²) in [5, 5.41) is 9.28. The minimum Gasteiger partial charge on any atom is -0.350 e. The monoisotopic (exact) mass is 277 g/mol. The molecular formula is C9H15N3O3S2. The van der Waals surface area contributed by atoms with Crippen LogP contribution in [0.1, 0.15) is 37.0 Å². The highest BCUT2D eigenvalue weighted by Gasteiger charge is 2.25. The molecular weight excluding hydrogens is 262 g/mol. The van der Waals surface area contributed by atoms with Crippen molar-refractivity contribution < 1.29 is 13.2 Å². The Bertz CT molecular complexity index is 493. The number of amides is 1. The van der Waals surface area contributed by atoms with E-state index >= 15 is 0 Å². The van der Waals surface area contributed by atoms with Gasteiger partial charge in [0.1, 0.15) is 0 Å². The molecule has 0 saturated carbocycles. The summed E-state index contributed by atoms with van der Waals surface area (Å²) in [5.41, 5.74) is 0. The van der Waals surface area contributed by atoms with Crippen LogP contribution in [0.2, 0.25) is 0 Å². The van der Waals surface area contributed by atoms with E-state index in [0.29, 0.717) is 6.54 Å². The van der Waals surface area contributed by atoms with Crippen LogP contribution in [-0.2, 0) is 9.84 Å². The molecule has 0 radical (unpaired) electrons. The number of aromatic nitrogens is 2. The Morgan fingerprint density at radius 2 is 2.06 bits per heavy atom. The summed E-state index contributed by atoms with van der Waals surface area (Å²) in [4.78, 5) is 11.5. The number of carbonyl (C=O) groups excluding carboxylic acids is 1. The van der Waals surface area contributed by atoms with Crippen LogP contribution in [0.15, 0.2) is 4.34 Å². The van der Waals surface area contributed by atoms with Crippen LogP contribution in [0.3, 0.4) is 0 Å². The van der Waals surface area contributed by atoms with Gasteiger partial charge in [0, 0.05) is 6.54 Å². The van der Waals surface area contributed by atoms with Crippen molar-refractivity contribution in [1.82, 2.24) is 15.5 Å². The topological polar surface area (TPSA) is 89.0 Å². The summed E-state index contributed by atoms with van der Waals surface area (Å²) in [6.45, 7) is 5.58. The van der Waals surface area contributed by atoms with E-state index in [9.17, 15) is 13.2 Å². The van der Waals surface area contributed by atoms with Gasteiger partial charge in [-0.1, -0.05) is 18.3 Å². The van der Waals surface area contributed by atoms with Crippen molar-refractivity contribution in [3.05, 3.63) is 5.01 Å². The smallest absolute Gasteiger partial charge is 0.282 e. The largest absolute Gasteiger partial charge is 0.350 e. The summed E-state index contributed by atoms with van der Waals surface area (Å²) < 4.78 is 23.4. The van der Waals surface area contributed by atoms with Crippen LogP contribution >= 0.6 is 11.3 Å². The molecule has 0 aliphatic carbocycles. The number of sulfone groups is 1. The minimum absolute atomic E-state index is 0.0812. The molecule has 8 heteroatoms. The number of nitrogens with one attached hydrogen (secondary N) is 1. The number of nitrogens with zero attached hydrogens (tertiary/aromatic N) is 2. The molecule has 0 fully saturated rings. The predicted molar refractivity (Wildman–Crippen MR) is 64.9 cm³/mol. The van der Waals surface area contributed by atoms with E-state index in [1.807, 2.05) is 6.92 Å². The van der Waals surface area contributed by atoms with Gasteiger partial charge in [0.2, 0.25) is 19.2 Å². The van der Waals surface area contributed by atoms with Gasteiger partial charge < -0.3 is 5.32 Å². The zero-order valence-electron chi connectivity index (χ0n) is 9.93. The van der Waals surface area contributed by atoms with Gasteiger partial charge in [0.25, 0.3) is 5.91 Å². The second kappa shape index (κ2) is 5.54. The van der Waals surface area contributed by atoms with Crippen LogP contribution in [0.4, 0.5) is 0 Å². The van der Waals surface area contributed by atoms with E-state index in [1.54, 1.807) is 13.8 Å². The molecule has 1 heterocycles. The van der Waals surface area contributed by atoms with Gasteiger partial charge in [-0.25, -0.2) is 8.42 Å². The molecule has 0 aliphatic heterocycles. The first-order valence-electron chi connectivity index (χ1n) is 5.25. The summed E-state index contributed by atoms with van der Waals surface area (Å²) in [5.74, 6) is -0.380. The highest BCUT2D eigenvalue weighted by atomic mass is 32.2. The van der Waals surface area contributed by atoms with Gasteiger partial charge in [-0.2, -0.15) is 0 Å². The molecule has 0 saturated heterocycles. The third kappa shape index (κ3) is 3.22. The van der Waals surface area contributed by atoms with E-state index < -0.39 is 15.1 Å². The lowest BCUT2D eigenvalue weighted by molar-refractivity contribution is 0.0952. The third-order valence-electron chi connectivity index (χ3n) is 2.00. The highest BCUT2D eigenvalue weighted by molar-refractivity contribution is 7.93. The molecule has 1 amide bonds. The van der Waals surface area contributed by atoms with Crippen molar-refractivity contribution in [2.24, 2.45) is 0 Å². The predicted octanol–water partition coefficient (Wildman–Crippen LogP) is 0.860. The Hall–Kier alpha value is -1.02.